The maximum absolute atomic E-state index is 12.5. The Morgan fingerprint density at radius 1 is 1.38 bits per heavy atom. The van der Waals surface area contributed by atoms with Gasteiger partial charge < -0.3 is 20.1 Å². The van der Waals surface area contributed by atoms with Crippen molar-refractivity contribution in [3.8, 4) is 5.75 Å². The molecule has 0 radical (unpaired) electrons. The van der Waals surface area contributed by atoms with Crippen molar-refractivity contribution in [1.29, 1.82) is 0 Å². The third-order valence-corrected chi connectivity index (χ3v) is 4.83. The molecule has 2 atom stereocenters. The molecule has 6 nitrogen and oxygen atoms in total. The molecule has 1 fully saturated rings. The molecule has 1 saturated heterocycles. The van der Waals surface area contributed by atoms with E-state index in [-0.39, 0.29) is 11.8 Å². The van der Waals surface area contributed by atoms with Crippen molar-refractivity contribution in [3.63, 3.8) is 0 Å². The summed E-state index contributed by atoms with van der Waals surface area (Å²) in [6, 6.07) is 5.87. The van der Waals surface area contributed by atoms with Gasteiger partial charge >= 0.3 is 6.18 Å². The van der Waals surface area contributed by atoms with E-state index in [1.54, 1.807) is 19.2 Å². The molecule has 1 aromatic rings. The van der Waals surface area contributed by atoms with Crippen LogP contribution in [0.3, 0.4) is 0 Å². The summed E-state index contributed by atoms with van der Waals surface area (Å²) in [4.78, 5) is 6.58. The fourth-order valence-electron chi connectivity index (χ4n) is 3.26. The number of guanidine groups is 1. The highest BCUT2D eigenvalue weighted by atomic mass is 19.4. The summed E-state index contributed by atoms with van der Waals surface area (Å²) in [5.41, 5.74) is 1.47. The topological polar surface area (TPSA) is 58.1 Å². The van der Waals surface area contributed by atoms with Gasteiger partial charge in [-0.1, -0.05) is 12.1 Å². The van der Waals surface area contributed by atoms with E-state index in [2.05, 4.69) is 34.4 Å². The lowest BCUT2D eigenvalue weighted by Crippen LogP contribution is -2.52. The highest BCUT2D eigenvalue weighted by Crippen LogP contribution is 2.23. The van der Waals surface area contributed by atoms with Gasteiger partial charge in [-0.25, -0.2) is 0 Å². The zero-order valence-corrected chi connectivity index (χ0v) is 17.5. The van der Waals surface area contributed by atoms with Gasteiger partial charge in [0.05, 0.1) is 13.2 Å². The largest absolute Gasteiger partial charge is 0.484 e. The molecule has 0 aromatic heterocycles. The molecule has 29 heavy (non-hydrogen) atoms. The SMILES string of the molecule is CN=C(NCc1ccc(C)cc1OCC(F)(F)F)NCC(C)N1CCOCC1C. The van der Waals surface area contributed by atoms with Crippen molar-refractivity contribution < 1.29 is 22.6 Å². The van der Waals surface area contributed by atoms with Gasteiger partial charge in [0.1, 0.15) is 5.75 Å². The van der Waals surface area contributed by atoms with Gasteiger partial charge in [-0.2, -0.15) is 13.2 Å². The molecule has 9 heteroatoms. The molecule has 0 aliphatic carbocycles. The van der Waals surface area contributed by atoms with Gasteiger partial charge in [-0.15, -0.1) is 0 Å². The minimum Gasteiger partial charge on any atom is -0.484 e. The number of benzene rings is 1. The Morgan fingerprint density at radius 2 is 2.14 bits per heavy atom. The first-order valence-corrected chi connectivity index (χ1v) is 9.76. The van der Waals surface area contributed by atoms with Crippen LogP contribution in [0, 0.1) is 6.92 Å². The Kier molecular flexibility index (Phi) is 8.58. The molecule has 1 aliphatic heterocycles. The maximum Gasteiger partial charge on any atom is 0.422 e. The van der Waals surface area contributed by atoms with Gasteiger partial charge in [-0.05, 0) is 32.4 Å². The molecule has 1 heterocycles. The van der Waals surface area contributed by atoms with Crippen LogP contribution < -0.4 is 15.4 Å². The fourth-order valence-corrected chi connectivity index (χ4v) is 3.26. The first-order chi connectivity index (χ1) is 13.7. The zero-order valence-electron chi connectivity index (χ0n) is 17.5. The quantitative estimate of drug-likeness (QED) is 0.529. The van der Waals surface area contributed by atoms with Crippen molar-refractivity contribution in [2.45, 2.75) is 45.6 Å². The Bertz CT molecular complexity index is 682. The van der Waals surface area contributed by atoms with E-state index >= 15 is 0 Å². The average Bonchev–Trinajstić information content (AvgIpc) is 2.67. The van der Waals surface area contributed by atoms with Crippen LogP contribution in [-0.4, -0.2) is 69.1 Å². The van der Waals surface area contributed by atoms with E-state index in [1.807, 2.05) is 13.0 Å². The molecule has 0 bridgehead atoms. The maximum atomic E-state index is 12.5. The van der Waals surface area contributed by atoms with Gasteiger partial charge in [-0.3, -0.25) is 9.89 Å². The number of aryl methyl sites for hydroxylation is 1. The molecule has 2 unspecified atom stereocenters. The van der Waals surface area contributed by atoms with Crippen molar-refractivity contribution in [3.05, 3.63) is 29.3 Å². The van der Waals surface area contributed by atoms with E-state index in [9.17, 15) is 13.2 Å². The summed E-state index contributed by atoms with van der Waals surface area (Å²) < 4.78 is 48.0. The number of nitrogens with one attached hydrogen (secondary N) is 2. The fraction of sp³-hybridized carbons (Fsp3) is 0.650. The van der Waals surface area contributed by atoms with Crippen LogP contribution in [-0.2, 0) is 11.3 Å². The monoisotopic (exact) mass is 416 g/mol. The number of aliphatic imine (C=N–C) groups is 1. The molecule has 164 valence electrons. The first-order valence-electron chi connectivity index (χ1n) is 9.76. The third-order valence-electron chi connectivity index (χ3n) is 4.83. The second-order valence-corrected chi connectivity index (χ2v) is 7.33. The van der Waals surface area contributed by atoms with E-state index in [4.69, 9.17) is 9.47 Å². The normalized spacial score (nSPS) is 19.7. The number of nitrogens with zero attached hydrogens (tertiary/aromatic N) is 2. The van der Waals surface area contributed by atoms with Gasteiger partial charge in [0.2, 0.25) is 0 Å². The van der Waals surface area contributed by atoms with E-state index in [0.29, 0.717) is 30.7 Å². The van der Waals surface area contributed by atoms with Crippen LogP contribution in [0.1, 0.15) is 25.0 Å². The molecular formula is C20H31F3N4O2. The molecular weight excluding hydrogens is 385 g/mol. The number of ether oxygens (including phenoxy) is 2. The number of alkyl halides is 3. The van der Waals surface area contributed by atoms with Crippen LogP contribution in [0.5, 0.6) is 5.75 Å². The van der Waals surface area contributed by atoms with Crippen molar-refractivity contribution in [2.75, 3.05) is 40.0 Å². The number of hydrogen-bond donors (Lipinski definition) is 2. The summed E-state index contributed by atoms with van der Waals surface area (Å²) in [5.74, 6) is 0.806. The standard InChI is InChI=1S/C20H31F3N4O2/c1-14-5-6-17(18(9-14)29-13-20(21,22)23)11-26-19(24-4)25-10-15(2)27-7-8-28-12-16(27)3/h5-6,9,15-16H,7-8,10-13H2,1-4H3,(H2,24,25,26). The van der Waals surface area contributed by atoms with Crippen LogP contribution in [0.2, 0.25) is 0 Å². The lowest BCUT2D eigenvalue weighted by atomic mass is 10.1. The Morgan fingerprint density at radius 3 is 2.79 bits per heavy atom. The van der Waals surface area contributed by atoms with Crippen LogP contribution in [0.4, 0.5) is 13.2 Å². The summed E-state index contributed by atoms with van der Waals surface area (Å²) in [7, 11) is 1.66. The minimum atomic E-state index is -4.38. The summed E-state index contributed by atoms with van der Waals surface area (Å²) in [6.45, 7) is 8.12. The summed E-state index contributed by atoms with van der Waals surface area (Å²) in [5, 5.41) is 6.43. The first kappa shape index (κ1) is 23.3. The molecule has 0 saturated carbocycles. The minimum absolute atomic E-state index is 0.223. The predicted molar refractivity (Wildman–Crippen MR) is 107 cm³/mol. The third kappa shape index (κ3) is 7.74. The highest BCUT2D eigenvalue weighted by molar-refractivity contribution is 5.79. The van der Waals surface area contributed by atoms with E-state index < -0.39 is 12.8 Å². The number of halogens is 3. The van der Waals surface area contributed by atoms with Crippen molar-refractivity contribution in [1.82, 2.24) is 15.5 Å². The van der Waals surface area contributed by atoms with Crippen LogP contribution in [0.25, 0.3) is 0 Å². The second kappa shape index (κ2) is 10.7. The molecule has 0 spiro atoms. The molecule has 1 aromatic carbocycles. The van der Waals surface area contributed by atoms with Crippen molar-refractivity contribution in [2.24, 2.45) is 4.99 Å². The molecule has 2 rings (SSSR count). The molecule has 0 amide bonds. The number of morpholine rings is 1. The molecule has 1 aliphatic rings. The Balaban J connectivity index is 1.90. The van der Waals surface area contributed by atoms with Gasteiger partial charge in [0.25, 0.3) is 0 Å². The van der Waals surface area contributed by atoms with Gasteiger partial charge in [0.15, 0.2) is 12.6 Å². The van der Waals surface area contributed by atoms with E-state index in [1.165, 1.54) is 0 Å². The number of rotatable bonds is 7. The van der Waals surface area contributed by atoms with Crippen molar-refractivity contribution >= 4 is 5.96 Å². The van der Waals surface area contributed by atoms with Crippen LogP contribution in [0.15, 0.2) is 23.2 Å². The smallest absolute Gasteiger partial charge is 0.422 e. The lowest BCUT2D eigenvalue weighted by Gasteiger charge is -2.38. The average molecular weight is 416 g/mol. The van der Waals surface area contributed by atoms with E-state index in [0.717, 1.165) is 25.3 Å². The highest BCUT2D eigenvalue weighted by Gasteiger charge is 2.29. The number of hydrogen-bond acceptors (Lipinski definition) is 4. The Hall–Kier alpha value is -2.00. The summed E-state index contributed by atoms with van der Waals surface area (Å²) >= 11 is 0. The molecule has 2 N–H and O–H groups in total. The Labute approximate surface area is 170 Å². The lowest BCUT2D eigenvalue weighted by molar-refractivity contribution is -0.153. The van der Waals surface area contributed by atoms with Crippen LogP contribution >= 0.6 is 0 Å². The van der Waals surface area contributed by atoms with Gasteiger partial charge in [0, 0.05) is 44.3 Å². The predicted octanol–water partition coefficient (Wildman–Crippen LogP) is 2.71. The zero-order chi connectivity index (χ0) is 21.4. The summed E-state index contributed by atoms with van der Waals surface area (Å²) in [6.07, 6.45) is -4.38. The second-order valence-electron chi connectivity index (χ2n) is 7.33.